The molecule has 0 bridgehead atoms. The molecule has 0 saturated heterocycles. The second-order valence-electron chi connectivity index (χ2n) is 16.3. The van der Waals surface area contributed by atoms with Crippen molar-refractivity contribution in [3.8, 4) is 33.9 Å². The number of rotatable bonds is 3. The molecule has 0 radical (unpaired) electrons. The highest BCUT2D eigenvalue weighted by Crippen LogP contribution is 2.43. The van der Waals surface area contributed by atoms with Crippen LogP contribution in [0, 0.1) is 13.8 Å². The summed E-state index contributed by atoms with van der Waals surface area (Å²) in [5.74, 6) is 0. The SMILES string of the molecule is Cc1nn2c3c(cc4c(c5ccccc5n4-c4ccccc4)c13)B1c3c-2cc(-c2ccccc2)cc3-n2nc(C)c3c4c5ccccc5n(-c5ccccc5)c4cc1c32. The van der Waals surface area contributed by atoms with E-state index in [-0.39, 0.29) is 6.71 Å². The second kappa shape index (κ2) is 11.1. The third kappa shape index (κ3) is 3.87. The third-order valence-corrected chi connectivity index (χ3v) is 13.2. The maximum absolute atomic E-state index is 5.49. The highest BCUT2D eigenvalue weighted by atomic mass is 15.3. The number of hydrogen-bond acceptors (Lipinski definition) is 2. The molecule has 8 aromatic carbocycles. The van der Waals surface area contributed by atoms with Crippen LogP contribution in [0.3, 0.4) is 0 Å². The summed E-state index contributed by atoms with van der Waals surface area (Å²) < 4.78 is 9.42. The van der Waals surface area contributed by atoms with Crippen LogP contribution in [-0.4, -0.2) is 35.4 Å². The molecule has 6 nitrogen and oxygen atoms in total. The minimum absolute atomic E-state index is 0.0831. The zero-order valence-corrected chi connectivity index (χ0v) is 32.3. The molecule has 0 spiro atoms. The van der Waals surface area contributed by atoms with Crippen LogP contribution in [-0.2, 0) is 0 Å². The lowest BCUT2D eigenvalue weighted by molar-refractivity contribution is 0.872. The van der Waals surface area contributed by atoms with E-state index in [0.717, 1.165) is 39.7 Å². The average molecular weight is 753 g/mol. The summed E-state index contributed by atoms with van der Waals surface area (Å²) in [5.41, 5.74) is 19.8. The van der Waals surface area contributed by atoms with E-state index in [1.165, 1.54) is 87.4 Å². The lowest BCUT2D eigenvalue weighted by atomic mass is 9.34. The van der Waals surface area contributed by atoms with Gasteiger partial charge in [-0.2, -0.15) is 10.2 Å². The highest BCUT2D eigenvalue weighted by Gasteiger charge is 2.43. The van der Waals surface area contributed by atoms with Crippen molar-refractivity contribution in [2.75, 3.05) is 0 Å². The van der Waals surface area contributed by atoms with Gasteiger partial charge in [0.15, 0.2) is 0 Å². The van der Waals surface area contributed by atoms with Crippen molar-refractivity contribution in [3.05, 3.63) is 175 Å². The standard InChI is InChI=1S/C52H33BN6/c1-30-46-48-36-22-12-14-24-40(36)56(34-18-8-4-9-19-34)42(48)28-38-51(46)58(54-30)44-26-33(32-16-6-3-7-17-32)27-45-50(44)53(38)39-29-43-49(47-31(2)55-59(45)52(39)47)37-23-13-15-25-41(37)57(43)35-20-10-5-11-21-35/h3-29H,1-2H3. The van der Waals surface area contributed by atoms with Gasteiger partial charge in [-0.05, 0) is 102 Å². The summed E-state index contributed by atoms with van der Waals surface area (Å²) in [7, 11) is 0. The molecule has 0 atom stereocenters. The van der Waals surface area contributed by atoms with Crippen LogP contribution in [0.25, 0.3) is 99.3 Å². The van der Waals surface area contributed by atoms with Gasteiger partial charge in [-0.1, -0.05) is 103 Å². The first-order chi connectivity index (χ1) is 29.1. The van der Waals surface area contributed by atoms with E-state index in [9.17, 15) is 0 Å². The largest absolute Gasteiger partial charge is 0.309 e. The van der Waals surface area contributed by atoms with Gasteiger partial charge in [0.1, 0.15) is 0 Å². The maximum Gasteiger partial charge on any atom is 0.252 e. The fourth-order valence-corrected chi connectivity index (χ4v) is 11.0. The molecule has 0 N–H and O–H groups in total. The molecule has 274 valence electrons. The summed E-state index contributed by atoms with van der Waals surface area (Å²) in [6.07, 6.45) is 0. The molecule has 0 saturated carbocycles. The van der Waals surface area contributed by atoms with Gasteiger partial charge in [-0.25, -0.2) is 9.36 Å². The first-order valence-corrected chi connectivity index (χ1v) is 20.4. The van der Waals surface area contributed by atoms with Crippen molar-refractivity contribution in [1.82, 2.24) is 28.7 Å². The number of para-hydroxylation sites is 4. The van der Waals surface area contributed by atoms with Crippen molar-refractivity contribution in [3.63, 3.8) is 0 Å². The molecule has 0 fully saturated rings. The monoisotopic (exact) mass is 752 g/mol. The van der Waals surface area contributed by atoms with E-state index in [2.05, 4.69) is 196 Å². The zero-order chi connectivity index (χ0) is 38.7. The number of aromatic nitrogens is 6. The average Bonchev–Trinajstić information content (AvgIpc) is 4.02. The van der Waals surface area contributed by atoms with Crippen LogP contribution in [0.2, 0.25) is 0 Å². The number of nitrogens with zero attached hydrogens (tertiary/aromatic N) is 6. The molecule has 2 aliphatic rings. The fraction of sp³-hybridized carbons (Fsp3) is 0.0385. The van der Waals surface area contributed by atoms with Crippen molar-refractivity contribution in [2.24, 2.45) is 0 Å². The molecule has 0 unspecified atom stereocenters. The summed E-state index contributed by atoms with van der Waals surface area (Å²) in [6, 6.07) is 59.8. The van der Waals surface area contributed by atoms with Gasteiger partial charge in [0, 0.05) is 43.7 Å². The van der Waals surface area contributed by atoms with Crippen molar-refractivity contribution in [2.45, 2.75) is 13.8 Å². The Hall–Kier alpha value is -7.64. The Morgan fingerprint density at radius 1 is 0.407 bits per heavy atom. The van der Waals surface area contributed by atoms with Crippen molar-refractivity contribution in [1.29, 1.82) is 0 Å². The predicted molar refractivity (Wildman–Crippen MR) is 244 cm³/mol. The zero-order valence-electron chi connectivity index (χ0n) is 32.3. The van der Waals surface area contributed by atoms with Crippen LogP contribution in [0.1, 0.15) is 11.4 Å². The van der Waals surface area contributed by atoms with Gasteiger partial charge in [0.25, 0.3) is 6.71 Å². The molecule has 0 aliphatic carbocycles. The van der Waals surface area contributed by atoms with Gasteiger partial charge in [0.2, 0.25) is 0 Å². The number of aryl methyl sites for hydroxylation is 2. The Labute approximate surface area is 338 Å². The molecule has 59 heavy (non-hydrogen) atoms. The topological polar surface area (TPSA) is 45.5 Å². The molecule has 0 amide bonds. The smallest absolute Gasteiger partial charge is 0.252 e. The van der Waals surface area contributed by atoms with E-state index in [4.69, 9.17) is 10.2 Å². The predicted octanol–water partition coefficient (Wildman–Crippen LogP) is 9.99. The van der Waals surface area contributed by atoms with E-state index in [1.807, 2.05) is 0 Å². The Balaban J connectivity index is 1.21. The first kappa shape index (κ1) is 31.5. The quantitative estimate of drug-likeness (QED) is 0.169. The summed E-state index contributed by atoms with van der Waals surface area (Å²) >= 11 is 0. The number of benzene rings is 8. The van der Waals surface area contributed by atoms with Crippen LogP contribution in [0.15, 0.2) is 164 Å². The minimum Gasteiger partial charge on any atom is -0.309 e. The molecule has 6 heterocycles. The third-order valence-electron chi connectivity index (χ3n) is 13.2. The van der Waals surface area contributed by atoms with E-state index in [1.54, 1.807) is 0 Å². The lowest BCUT2D eigenvalue weighted by Crippen LogP contribution is -2.59. The van der Waals surface area contributed by atoms with Crippen LogP contribution < -0.4 is 16.4 Å². The molecule has 12 aromatic rings. The Morgan fingerprint density at radius 3 is 1.31 bits per heavy atom. The van der Waals surface area contributed by atoms with Gasteiger partial charge >= 0.3 is 0 Å². The Morgan fingerprint density at radius 2 is 0.831 bits per heavy atom. The minimum atomic E-state index is -0.0831. The normalized spacial score (nSPS) is 12.9. The molecule has 2 aliphatic heterocycles. The highest BCUT2D eigenvalue weighted by molar-refractivity contribution is 7.00. The Bertz CT molecular complexity index is 3570. The summed E-state index contributed by atoms with van der Waals surface area (Å²) in [6.45, 7) is 4.30. The number of fused-ring (bicyclic) bond motifs is 12. The van der Waals surface area contributed by atoms with E-state index < -0.39 is 0 Å². The maximum atomic E-state index is 5.49. The molecular formula is C52H33BN6. The van der Waals surface area contributed by atoms with E-state index >= 15 is 0 Å². The number of hydrogen-bond donors (Lipinski definition) is 0. The Kier molecular flexibility index (Phi) is 5.89. The second-order valence-corrected chi connectivity index (χ2v) is 16.3. The molecule has 4 aromatic heterocycles. The van der Waals surface area contributed by atoms with E-state index in [0.29, 0.717) is 0 Å². The molecular weight excluding hydrogens is 719 g/mol. The van der Waals surface area contributed by atoms with Gasteiger partial charge < -0.3 is 9.13 Å². The van der Waals surface area contributed by atoms with Crippen molar-refractivity contribution < 1.29 is 0 Å². The summed E-state index contributed by atoms with van der Waals surface area (Å²) in [5, 5.41) is 18.4. The molecule has 7 heteroatoms. The molecule has 14 rings (SSSR count). The summed E-state index contributed by atoms with van der Waals surface area (Å²) in [4.78, 5) is 0. The van der Waals surface area contributed by atoms with Crippen LogP contribution in [0.5, 0.6) is 0 Å². The van der Waals surface area contributed by atoms with Gasteiger partial charge in [0.05, 0.1) is 55.9 Å². The van der Waals surface area contributed by atoms with Crippen molar-refractivity contribution >= 4 is 88.5 Å². The fourth-order valence-electron chi connectivity index (χ4n) is 11.0. The lowest BCUT2D eigenvalue weighted by Gasteiger charge is -2.32. The van der Waals surface area contributed by atoms with Crippen LogP contribution in [0.4, 0.5) is 0 Å². The first-order valence-electron chi connectivity index (χ1n) is 20.4. The van der Waals surface area contributed by atoms with Gasteiger partial charge in [-0.3, -0.25) is 0 Å². The van der Waals surface area contributed by atoms with Crippen LogP contribution >= 0.6 is 0 Å². The van der Waals surface area contributed by atoms with Gasteiger partial charge in [-0.15, -0.1) is 0 Å².